The van der Waals surface area contributed by atoms with Crippen LogP contribution in [0.1, 0.15) is 31.2 Å². The number of nitrogens with zero attached hydrogens (tertiary/aromatic N) is 1. The van der Waals surface area contributed by atoms with Gasteiger partial charge >= 0.3 is 0 Å². The van der Waals surface area contributed by atoms with Gasteiger partial charge in [-0.15, -0.1) is 0 Å². The minimum atomic E-state index is 0.826. The molecule has 1 aromatic rings. The van der Waals surface area contributed by atoms with Crippen LogP contribution in [0.4, 0.5) is 5.69 Å². The molecule has 2 aliphatic carbocycles. The lowest BCUT2D eigenvalue weighted by Crippen LogP contribution is -2.29. The molecule has 1 aromatic carbocycles. The van der Waals surface area contributed by atoms with Gasteiger partial charge in [0.05, 0.1) is 0 Å². The molecule has 0 aliphatic heterocycles. The molecule has 3 unspecified atom stereocenters. The first-order valence-corrected chi connectivity index (χ1v) is 8.19. The van der Waals surface area contributed by atoms with E-state index in [0.717, 1.165) is 29.3 Å². The largest absolute Gasteiger partial charge is 0.374 e. The molecule has 0 saturated heterocycles. The minimum absolute atomic E-state index is 0.826. The highest BCUT2D eigenvalue weighted by Gasteiger charge is 2.39. The Bertz CT molecular complexity index is 474. The fraction of sp³-hybridized carbons (Fsp3) is 0.647. The zero-order chi connectivity index (χ0) is 14.1. The highest BCUT2D eigenvalue weighted by atomic mass is 35.5. The van der Waals surface area contributed by atoms with Crippen LogP contribution in [-0.2, 0) is 6.54 Å². The summed E-state index contributed by atoms with van der Waals surface area (Å²) in [6.07, 6.45) is 5.89. The number of hydrogen-bond donors (Lipinski definition) is 1. The standard InChI is InChI=1S/C17H25ClN2/c1-19-10-14-9-16(18)5-6-17(14)20(2)11-15-8-12-3-4-13(15)7-12/h5-6,9,12-13,15,19H,3-4,7-8,10-11H2,1-2H3. The molecule has 2 fully saturated rings. The molecule has 1 N–H and O–H groups in total. The van der Waals surface area contributed by atoms with Crippen LogP contribution in [-0.4, -0.2) is 20.6 Å². The van der Waals surface area contributed by atoms with Gasteiger partial charge in [0, 0.05) is 30.8 Å². The Morgan fingerprint density at radius 1 is 1.30 bits per heavy atom. The van der Waals surface area contributed by atoms with Crippen molar-refractivity contribution in [1.82, 2.24) is 5.32 Å². The smallest absolute Gasteiger partial charge is 0.0410 e. The van der Waals surface area contributed by atoms with Crippen LogP contribution in [0.5, 0.6) is 0 Å². The van der Waals surface area contributed by atoms with Crippen molar-refractivity contribution in [2.24, 2.45) is 17.8 Å². The number of benzene rings is 1. The summed E-state index contributed by atoms with van der Waals surface area (Å²) < 4.78 is 0. The molecule has 2 aliphatic rings. The molecular weight excluding hydrogens is 268 g/mol. The lowest BCUT2D eigenvalue weighted by Gasteiger charge is -2.30. The Hall–Kier alpha value is -0.730. The lowest BCUT2D eigenvalue weighted by molar-refractivity contribution is 0.337. The second-order valence-electron chi connectivity index (χ2n) is 6.62. The molecule has 3 rings (SSSR count). The zero-order valence-corrected chi connectivity index (χ0v) is 13.3. The van der Waals surface area contributed by atoms with Crippen molar-refractivity contribution < 1.29 is 0 Å². The van der Waals surface area contributed by atoms with Crippen LogP contribution < -0.4 is 10.2 Å². The molecular formula is C17H25ClN2. The first-order chi connectivity index (χ1) is 9.67. The number of fused-ring (bicyclic) bond motifs is 2. The third-order valence-electron chi connectivity index (χ3n) is 5.21. The van der Waals surface area contributed by atoms with Crippen LogP contribution in [0.2, 0.25) is 5.02 Å². The van der Waals surface area contributed by atoms with E-state index >= 15 is 0 Å². The van der Waals surface area contributed by atoms with Crippen molar-refractivity contribution in [2.75, 3.05) is 25.5 Å². The number of anilines is 1. The molecule has 0 radical (unpaired) electrons. The Morgan fingerprint density at radius 3 is 2.80 bits per heavy atom. The highest BCUT2D eigenvalue weighted by molar-refractivity contribution is 6.30. The summed E-state index contributed by atoms with van der Waals surface area (Å²) in [5.41, 5.74) is 2.62. The van der Waals surface area contributed by atoms with E-state index in [-0.39, 0.29) is 0 Å². The summed E-state index contributed by atoms with van der Waals surface area (Å²) in [7, 11) is 4.22. The van der Waals surface area contributed by atoms with E-state index in [0.29, 0.717) is 0 Å². The normalized spacial score (nSPS) is 28.1. The lowest BCUT2D eigenvalue weighted by atomic mass is 9.88. The van der Waals surface area contributed by atoms with Crippen molar-refractivity contribution >= 4 is 17.3 Å². The molecule has 3 atom stereocenters. The second-order valence-corrected chi connectivity index (χ2v) is 7.06. The quantitative estimate of drug-likeness (QED) is 0.884. The summed E-state index contributed by atoms with van der Waals surface area (Å²) in [5, 5.41) is 4.07. The third kappa shape index (κ3) is 2.82. The number of nitrogens with one attached hydrogen (secondary N) is 1. The molecule has 110 valence electrons. The van der Waals surface area contributed by atoms with Crippen LogP contribution in [0, 0.1) is 17.8 Å². The SMILES string of the molecule is CNCc1cc(Cl)ccc1N(C)CC1CC2CCC1C2. The number of halogens is 1. The van der Waals surface area contributed by atoms with Crippen molar-refractivity contribution in [3.63, 3.8) is 0 Å². The maximum atomic E-state index is 6.13. The van der Waals surface area contributed by atoms with Crippen molar-refractivity contribution in [2.45, 2.75) is 32.2 Å². The van der Waals surface area contributed by atoms with Crippen LogP contribution in [0.3, 0.4) is 0 Å². The molecule has 0 spiro atoms. The van der Waals surface area contributed by atoms with Gasteiger partial charge in [-0.05, 0) is 67.8 Å². The third-order valence-corrected chi connectivity index (χ3v) is 5.45. The molecule has 2 saturated carbocycles. The van der Waals surface area contributed by atoms with Gasteiger partial charge in [0.2, 0.25) is 0 Å². The van der Waals surface area contributed by atoms with E-state index in [4.69, 9.17) is 11.6 Å². The van der Waals surface area contributed by atoms with E-state index in [1.807, 2.05) is 13.1 Å². The topological polar surface area (TPSA) is 15.3 Å². The van der Waals surface area contributed by atoms with E-state index in [1.165, 1.54) is 43.5 Å². The van der Waals surface area contributed by atoms with Crippen molar-refractivity contribution in [3.05, 3.63) is 28.8 Å². The van der Waals surface area contributed by atoms with Crippen LogP contribution in [0.15, 0.2) is 18.2 Å². The summed E-state index contributed by atoms with van der Waals surface area (Å²) in [4.78, 5) is 2.44. The van der Waals surface area contributed by atoms with E-state index in [9.17, 15) is 0 Å². The predicted molar refractivity (Wildman–Crippen MR) is 86.4 cm³/mol. The summed E-state index contributed by atoms with van der Waals surface area (Å²) in [6, 6.07) is 6.26. The maximum absolute atomic E-state index is 6.13. The van der Waals surface area contributed by atoms with Crippen molar-refractivity contribution in [3.8, 4) is 0 Å². The first-order valence-electron chi connectivity index (χ1n) is 7.81. The second kappa shape index (κ2) is 5.95. The zero-order valence-electron chi connectivity index (χ0n) is 12.5. The molecule has 2 nitrogen and oxygen atoms in total. The van der Waals surface area contributed by atoms with E-state index in [2.05, 4.69) is 29.4 Å². The van der Waals surface area contributed by atoms with Crippen molar-refractivity contribution in [1.29, 1.82) is 0 Å². The molecule has 0 heterocycles. The molecule has 2 bridgehead atoms. The maximum Gasteiger partial charge on any atom is 0.0410 e. The fourth-order valence-corrected chi connectivity index (χ4v) is 4.50. The van der Waals surface area contributed by atoms with Gasteiger partial charge in [-0.3, -0.25) is 0 Å². The average Bonchev–Trinajstić information content (AvgIpc) is 3.01. The Kier molecular flexibility index (Phi) is 4.23. The van der Waals surface area contributed by atoms with Gasteiger partial charge < -0.3 is 10.2 Å². The molecule has 0 aromatic heterocycles. The number of hydrogen-bond acceptors (Lipinski definition) is 2. The van der Waals surface area contributed by atoms with E-state index < -0.39 is 0 Å². The molecule has 3 heteroatoms. The van der Waals surface area contributed by atoms with Crippen LogP contribution in [0.25, 0.3) is 0 Å². The predicted octanol–water partition coefficient (Wildman–Crippen LogP) is 3.93. The summed E-state index contributed by atoms with van der Waals surface area (Å²) in [5.74, 6) is 2.92. The van der Waals surface area contributed by atoms with E-state index in [1.54, 1.807) is 0 Å². The Morgan fingerprint density at radius 2 is 2.15 bits per heavy atom. The minimum Gasteiger partial charge on any atom is -0.374 e. The number of rotatable bonds is 5. The van der Waals surface area contributed by atoms with Gasteiger partial charge in [0.1, 0.15) is 0 Å². The Labute approximate surface area is 127 Å². The van der Waals surface area contributed by atoms with Gasteiger partial charge in [0.15, 0.2) is 0 Å². The molecule has 0 amide bonds. The molecule has 20 heavy (non-hydrogen) atoms. The first kappa shape index (κ1) is 14.2. The summed E-state index contributed by atoms with van der Waals surface area (Å²) >= 11 is 6.13. The van der Waals surface area contributed by atoms with Gasteiger partial charge in [0.25, 0.3) is 0 Å². The average molecular weight is 293 g/mol. The monoisotopic (exact) mass is 292 g/mol. The fourth-order valence-electron chi connectivity index (χ4n) is 4.31. The van der Waals surface area contributed by atoms with Gasteiger partial charge in [-0.25, -0.2) is 0 Å². The highest BCUT2D eigenvalue weighted by Crippen LogP contribution is 2.48. The van der Waals surface area contributed by atoms with Gasteiger partial charge in [-0.1, -0.05) is 18.0 Å². The van der Waals surface area contributed by atoms with Crippen LogP contribution >= 0.6 is 11.6 Å². The summed E-state index contributed by atoms with van der Waals surface area (Å²) in [6.45, 7) is 2.07. The van der Waals surface area contributed by atoms with Gasteiger partial charge in [-0.2, -0.15) is 0 Å². The Balaban J connectivity index is 1.71.